The number of nitrogens with zero attached hydrogens (tertiary/aromatic N) is 1. The third-order valence-electron chi connectivity index (χ3n) is 2.14. The molecule has 1 rings (SSSR count). The van der Waals surface area contributed by atoms with Crippen LogP contribution >= 0.6 is 27.7 Å². The highest BCUT2D eigenvalue weighted by atomic mass is 79.9. The van der Waals surface area contributed by atoms with Gasteiger partial charge in [0.2, 0.25) is 5.91 Å². The molecule has 0 aliphatic heterocycles. The molecule has 0 radical (unpaired) electrons. The zero-order valence-corrected chi connectivity index (χ0v) is 12.4. The molecular weight excluding hydrogens is 332 g/mol. The number of thioether (sulfide) groups is 1. The van der Waals surface area contributed by atoms with E-state index in [2.05, 4.69) is 21.2 Å². The molecule has 2 N–H and O–H groups in total. The monoisotopic (exact) mass is 342 g/mol. The molecule has 0 bridgehead atoms. The van der Waals surface area contributed by atoms with Crippen LogP contribution in [0.3, 0.4) is 0 Å². The zero-order chi connectivity index (χ0) is 14.4. The molecule has 0 fully saturated rings. The second kappa shape index (κ2) is 7.16. The van der Waals surface area contributed by atoms with Crippen LogP contribution in [-0.4, -0.2) is 28.8 Å². The number of benzene rings is 1. The number of nitrogens with one attached hydrogen (secondary N) is 1. The number of carboxylic acid groups (broad SMARTS) is 1. The van der Waals surface area contributed by atoms with E-state index >= 15 is 0 Å². The summed E-state index contributed by atoms with van der Waals surface area (Å²) in [7, 11) is 0. The fourth-order valence-corrected chi connectivity index (χ4v) is 2.94. The van der Waals surface area contributed by atoms with Crippen LogP contribution in [0.25, 0.3) is 0 Å². The van der Waals surface area contributed by atoms with E-state index in [0.717, 1.165) is 9.37 Å². The Kier molecular flexibility index (Phi) is 5.86. The van der Waals surface area contributed by atoms with Gasteiger partial charge in [0.1, 0.15) is 6.04 Å². The maximum Gasteiger partial charge on any atom is 0.327 e. The molecule has 0 heterocycles. The summed E-state index contributed by atoms with van der Waals surface area (Å²) in [6.45, 7) is 1.28. The summed E-state index contributed by atoms with van der Waals surface area (Å²) in [6, 6.07) is 6.13. The number of carbonyl (C=O) groups is 2. The number of carbonyl (C=O) groups excluding carboxylic acids is 1. The molecule has 7 heteroatoms. The quantitative estimate of drug-likeness (QED) is 0.798. The maximum atomic E-state index is 11.0. The van der Waals surface area contributed by atoms with Gasteiger partial charge in [-0.1, -0.05) is 0 Å². The first-order valence-corrected chi connectivity index (χ1v) is 7.04. The summed E-state index contributed by atoms with van der Waals surface area (Å²) in [5.74, 6) is -1.25. The Morgan fingerprint density at radius 1 is 1.58 bits per heavy atom. The van der Waals surface area contributed by atoms with Gasteiger partial charge in [0, 0.05) is 22.0 Å². The van der Waals surface area contributed by atoms with Crippen molar-refractivity contribution in [2.45, 2.75) is 17.9 Å². The SMILES string of the molecule is CC(=O)N[C@@H](CSc1ccc(C#N)cc1Br)C(=O)O. The Morgan fingerprint density at radius 2 is 2.26 bits per heavy atom. The number of amides is 1. The van der Waals surface area contributed by atoms with Crippen LogP contribution in [0, 0.1) is 11.3 Å². The number of halogens is 1. The lowest BCUT2D eigenvalue weighted by atomic mass is 10.2. The highest BCUT2D eigenvalue weighted by Gasteiger charge is 2.19. The van der Waals surface area contributed by atoms with Crippen molar-refractivity contribution in [3.8, 4) is 6.07 Å². The van der Waals surface area contributed by atoms with Gasteiger partial charge in [-0.25, -0.2) is 4.79 Å². The Labute approximate surface area is 123 Å². The third-order valence-corrected chi connectivity index (χ3v) is 4.23. The normalized spacial score (nSPS) is 11.4. The molecular formula is C12H11BrN2O3S. The van der Waals surface area contributed by atoms with Gasteiger partial charge in [0.15, 0.2) is 0 Å². The van der Waals surface area contributed by atoms with E-state index < -0.39 is 12.0 Å². The minimum atomic E-state index is -1.08. The van der Waals surface area contributed by atoms with E-state index in [-0.39, 0.29) is 11.7 Å². The van der Waals surface area contributed by atoms with Crippen molar-refractivity contribution in [2.24, 2.45) is 0 Å². The number of hydrogen-bond acceptors (Lipinski definition) is 4. The summed E-state index contributed by atoms with van der Waals surface area (Å²) in [5, 5.41) is 20.1. The molecule has 5 nitrogen and oxygen atoms in total. The molecule has 1 aromatic carbocycles. The van der Waals surface area contributed by atoms with Crippen LogP contribution in [0.4, 0.5) is 0 Å². The van der Waals surface area contributed by atoms with Crippen LogP contribution in [-0.2, 0) is 9.59 Å². The van der Waals surface area contributed by atoms with Gasteiger partial charge in [-0.15, -0.1) is 11.8 Å². The third kappa shape index (κ3) is 4.93. The van der Waals surface area contributed by atoms with E-state index in [0.29, 0.717) is 5.56 Å². The second-order valence-corrected chi connectivity index (χ2v) is 5.58. The van der Waals surface area contributed by atoms with E-state index in [1.165, 1.54) is 18.7 Å². The van der Waals surface area contributed by atoms with Crippen LogP contribution < -0.4 is 5.32 Å². The van der Waals surface area contributed by atoms with Crippen LogP contribution in [0.2, 0.25) is 0 Å². The Hall–Kier alpha value is -1.52. The smallest absolute Gasteiger partial charge is 0.327 e. The first-order valence-electron chi connectivity index (χ1n) is 5.26. The zero-order valence-electron chi connectivity index (χ0n) is 10.0. The van der Waals surface area contributed by atoms with E-state index in [9.17, 15) is 9.59 Å². The summed E-state index contributed by atoms with van der Waals surface area (Å²) in [6.07, 6.45) is 0. The molecule has 1 atom stereocenters. The molecule has 19 heavy (non-hydrogen) atoms. The number of aliphatic carboxylic acids is 1. The molecule has 0 unspecified atom stereocenters. The van der Waals surface area contributed by atoms with Crippen LogP contribution in [0.5, 0.6) is 0 Å². The average molecular weight is 343 g/mol. The molecule has 1 aromatic rings. The van der Waals surface area contributed by atoms with Crippen molar-refractivity contribution in [3.05, 3.63) is 28.2 Å². The van der Waals surface area contributed by atoms with Gasteiger partial charge in [-0.05, 0) is 34.1 Å². The van der Waals surface area contributed by atoms with Gasteiger partial charge < -0.3 is 10.4 Å². The molecule has 0 aliphatic rings. The maximum absolute atomic E-state index is 11.0. The number of carboxylic acids is 1. The average Bonchev–Trinajstić information content (AvgIpc) is 2.34. The molecule has 100 valence electrons. The lowest BCUT2D eigenvalue weighted by Crippen LogP contribution is -2.41. The fraction of sp³-hybridized carbons (Fsp3) is 0.250. The van der Waals surface area contributed by atoms with E-state index in [4.69, 9.17) is 10.4 Å². The fourth-order valence-electron chi connectivity index (χ4n) is 1.28. The highest BCUT2D eigenvalue weighted by Crippen LogP contribution is 2.28. The molecule has 1 amide bonds. The van der Waals surface area contributed by atoms with Crippen LogP contribution in [0.1, 0.15) is 12.5 Å². The minimum Gasteiger partial charge on any atom is -0.480 e. The predicted octanol–water partition coefficient (Wildman–Crippen LogP) is 2.00. The number of hydrogen-bond donors (Lipinski definition) is 2. The summed E-state index contributed by atoms with van der Waals surface area (Å²) in [4.78, 5) is 22.7. The largest absolute Gasteiger partial charge is 0.480 e. The van der Waals surface area contributed by atoms with Crippen molar-refractivity contribution < 1.29 is 14.7 Å². The lowest BCUT2D eigenvalue weighted by molar-refractivity contribution is -0.140. The predicted molar refractivity (Wildman–Crippen MR) is 74.8 cm³/mol. The topological polar surface area (TPSA) is 90.2 Å². The standard InChI is InChI=1S/C12H11BrN2O3S/c1-7(16)15-10(12(17)18)6-19-11-3-2-8(5-14)4-9(11)13/h2-4,10H,6H2,1H3,(H,15,16)(H,17,18)/t10-/m0/s1. The minimum absolute atomic E-state index is 0.208. The van der Waals surface area contributed by atoms with Crippen molar-refractivity contribution in [1.29, 1.82) is 5.26 Å². The number of rotatable bonds is 5. The van der Waals surface area contributed by atoms with E-state index in [1.54, 1.807) is 18.2 Å². The second-order valence-electron chi connectivity index (χ2n) is 3.66. The summed E-state index contributed by atoms with van der Waals surface area (Å²) in [5.41, 5.74) is 0.521. The first kappa shape index (κ1) is 15.5. The first-order chi connectivity index (χ1) is 8.93. The number of nitriles is 1. The Morgan fingerprint density at radius 3 is 2.74 bits per heavy atom. The Bertz CT molecular complexity index is 542. The molecule has 0 spiro atoms. The van der Waals surface area contributed by atoms with Crippen molar-refractivity contribution in [3.63, 3.8) is 0 Å². The van der Waals surface area contributed by atoms with Gasteiger partial charge in [0.05, 0.1) is 11.6 Å². The van der Waals surface area contributed by atoms with Gasteiger partial charge in [-0.3, -0.25) is 4.79 Å². The van der Waals surface area contributed by atoms with Crippen molar-refractivity contribution in [1.82, 2.24) is 5.32 Å². The van der Waals surface area contributed by atoms with Crippen LogP contribution in [0.15, 0.2) is 27.6 Å². The Balaban J connectivity index is 2.72. The van der Waals surface area contributed by atoms with Gasteiger partial charge in [0.25, 0.3) is 0 Å². The molecule has 0 saturated carbocycles. The van der Waals surface area contributed by atoms with Crippen molar-refractivity contribution >= 4 is 39.6 Å². The summed E-state index contributed by atoms with van der Waals surface area (Å²) < 4.78 is 0.725. The van der Waals surface area contributed by atoms with E-state index in [1.807, 2.05) is 6.07 Å². The highest BCUT2D eigenvalue weighted by molar-refractivity contribution is 9.10. The molecule has 0 aromatic heterocycles. The molecule has 0 saturated heterocycles. The molecule has 0 aliphatic carbocycles. The van der Waals surface area contributed by atoms with Gasteiger partial charge in [-0.2, -0.15) is 5.26 Å². The summed E-state index contributed by atoms with van der Waals surface area (Å²) >= 11 is 4.61. The van der Waals surface area contributed by atoms with Gasteiger partial charge >= 0.3 is 5.97 Å². The van der Waals surface area contributed by atoms with Crippen molar-refractivity contribution in [2.75, 3.05) is 5.75 Å². The lowest BCUT2D eigenvalue weighted by Gasteiger charge is -2.13.